The maximum Gasteiger partial charge on any atom is 0.251 e. The van der Waals surface area contributed by atoms with Gasteiger partial charge in [-0.3, -0.25) is 4.79 Å². The molecule has 0 aliphatic heterocycles. The lowest BCUT2D eigenvalue weighted by molar-refractivity contribution is 0.0963. The Labute approximate surface area is 112 Å². The van der Waals surface area contributed by atoms with Gasteiger partial charge in [0.25, 0.3) is 5.91 Å². The van der Waals surface area contributed by atoms with Crippen LogP contribution >= 0.6 is 0 Å². The highest BCUT2D eigenvalue weighted by Crippen LogP contribution is 2.23. The zero-order valence-electron chi connectivity index (χ0n) is 10.7. The molecule has 0 heterocycles. The predicted molar refractivity (Wildman–Crippen MR) is 75.0 cm³/mol. The Morgan fingerprint density at radius 2 is 1.95 bits per heavy atom. The van der Waals surface area contributed by atoms with Crippen molar-refractivity contribution in [2.75, 3.05) is 12.8 Å². The summed E-state index contributed by atoms with van der Waals surface area (Å²) in [6.45, 7) is 0.449. The Bertz CT molecular complexity index is 568. The molecule has 0 unspecified atom stereocenters. The first-order chi connectivity index (χ1) is 9.20. The fourth-order valence-corrected chi connectivity index (χ4v) is 1.70. The Morgan fingerprint density at radius 3 is 2.58 bits per heavy atom. The van der Waals surface area contributed by atoms with E-state index in [1.807, 2.05) is 30.3 Å². The van der Waals surface area contributed by atoms with Crippen LogP contribution in [0.15, 0.2) is 48.5 Å². The van der Waals surface area contributed by atoms with Gasteiger partial charge in [-0.05, 0) is 23.8 Å². The Kier molecular flexibility index (Phi) is 4.03. The standard InChI is InChI=1S/C15H16N2O2/c1-17-15(18)12-7-8-14(13(16)9-12)19-10-11-5-3-2-4-6-11/h2-9H,10,16H2,1H3,(H,17,18). The molecule has 0 aliphatic carbocycles. The van der Waals surface area contributed by atoms with Crippen molar-refractivity contribution in [3.63, 3.8) is 0 Å². The molecule has 0 saturated carbocycles. The number of amides is 1. The normalized spacial score (nSPS) is 9.95. The third kappa shape index (κ3) is 3.25. The van der Waals surface area contributed by atoms with E-state index in [4.69, 9.17) is 10.5 Å². The topological polar surface area (TPSA) is 64.3 Å². The van der Waals surface area contributed by atoms with Crippen LogP contribution in [-0.4, -0.2) is 13.0 Å². The van der Waals surface area contributed by atoms with Crippen LogP contribution in [0.5, 0.6) is 5.75 Å². The van der Waals surface area contributed by atoms with Gasteiger partial charge in [0.2, 0.25) is 0 Å². The molecule has 4 nitrogen and oxygen atoms in total. The van der Waals surface area contributed by atoms with Crippen LogP contribution in [0, 0.1) is 0 Å². The maximum absolute atomic E-state index is 11.4. The van der Waals surface area contributed by atoms with Gasteiger partial charge in [-0.15, -0.1) is 0 Å². The van der Waals surface area contributed by atoms with Crippen molar-refractivity contribution >= 4 is 11.6 Å². The Hall–Kier alpha value is -2.49. The van der Waals surface area contributed by atoms with E-state index >= 15 is 0 Å². The average molecular weight is 256 g/mol. The fraction of sp³-hybridized carbons (Fsp3) is 0.133. The van der Waals surface area contributed by atoms with Gasteiger partial charge in [-0.2, -0.15) is 0 Å². The van der Waals surface area contributed by atoms with Gasteiger partial charge in [0.1, 0.15) is 12.4 Å². The van der Waals surface area contributed by atoms with Crippen LogP contribution in [0.3, 0.4) is 0 Å². The summed E-state index contributed by atoms with van der Waals surface area (Å²) >= 11 is 0. The van der Waals surface area contributed by atoms with Gasteiger partial charge >= 0.3 is 0 Å². The zero-order valence-corrected chi connectivity index (χ0v) is 10.7. The third-order valence-electron chi connectivity index (χ3n) is 2.74. The third-order valence-corrected chi connectivity index (χ3v) is 2.74. The lowest BCUT2D eigenvalue weighted by Gasteiger charge is -2.10. The van der Waals surface area contributed by atoms with E-state index in [0.717, 1.165) is 5.56 Å². The minimum absolute atomic E-state index is 0.165. The second-order valence-electron chi connectivity index (χ2n) is 4.11. The Balaban J connectivity index is 2.07. The zero-order chi connectivity index (χ0) is 13.7. The largest absolute Gasteiger partial charge is 0.487 e. The number of ether oxygens (including phenoxy) is 1. The summed E-state index contributed by atoms with van der Waals surface area (Å²) in [5.41, 5.74) is 7.92. The van der Waals surface area contributed by atoms with Crippen LogP contribution in [0.25, 0.3) is 0 Å². The fourth-order valence-electron chi connectivity index (χ4n) is 1.70. The van der Waals surface area contributed by atoms with Gasteiger partial charge in [0, 0.05) is 12.6 Å². The maximum atomic E-state index is 11.4. The number of hydrogen-bond donors (Lipinski definition) is 2. The molecule has 4 heteroatoms. The molecule has 1 amide bonds. The van der Waals surface area contributed by atoms with Crippen LogP contribution in [0.4, 0.5) is 5.69 Å². The molecule has 0 saturated heterocycles. The van der Waals surface area contributed by atoms with Crippen LogP contribution in [0.1, 0.15) is 15.9 Å². The quantitative estimate of drug-likeness (QED) is 0.824. The van der Waals surface area contributed by atoms with Gasteiger partial charge < -0.3 is 15.8 Å². The predicted octanol–water partition coefficient (Wildman–Crippen LogP) is 2.21. The van der Waals surface area contributed by atoms with E-state index in [1.165, 1.54) is 0 Å². The van der Waals surface area contributed by atoms with Crippen molar-refractivity contribution in [3.8, 4) is 5.75 Å². The van der Waals surface area contributed by atoms with Crippen molar-refractivity contribution in [1.82, 2.24) is 5.32 Å². The van der Waals surface area contributed by atoms with Crippen molar-refractivity contribution < 1.29 is 9.53 Å². The highest BCUT2D eigenvalue weighted by atomic mass is 16.5. The number of nitrogens with one attached hydrogen (secondary N) is 1. The number of carbonyl (C=O) groups is 1. The summed E-state index contributed by atoms with van der Waals surface area (Å²) < 4.78 is 5.63. The van der Waals surface area contributed by atoms with E-state index in [1.54, 1.807) is 25.2 Å². The van der Waals surface area contributed by atoms with Crippen LogP contribution in [0.2, 0.25) is 0 Å². The molecule has 0 aliphatic rings. The summed E-state index contributed by atoms with van der Waals surface area (Å²) in [5.74, 6) is 0.415. The van der Waals surface area contributed by atoms with Gasteiger partial charge in [-0.25, -0.2) is 0 Å². The molecule has 0 radical (unpaired) electrons. The van der Waals surface area contributed by atoms with Gasteiger partial charge in [-0.1, -0.05) is 30.3 Å². The van der Waals surface area contributed by atoms with E-state index in [9.17, 15) is 4.79 Å². The van der Waals surface area contributed by atoms with Crippen molar-refractivity contribution in [1.29, 1.82) is 0 Å². The Morgan fingerprint density at radius 1 is 1.21 bits per heavy atom. The molecule has 0 atom stereocenters. The molecule has 2 aromatic rings. The molecule has 98 valence electrons. The first-order valence-electron chi connectivity index (χ1n) is 5.99. The van der Waals surface area contributed by atoms with Crippen molar-refractivity contribution in [3.05, 3.63) is 59.7 Å². The second kappa shape index (κ2) is 5.91. The van der Waals surface area contributed by atoms with Gasteiger partial charge in [0.05, 0.1) is 5.69 Å². The molecule has 19 heavy (non-hydrogen) atoms. The molecule has 0 fully saturated rings. The van der Waals surface area contributed by atoms with E-state index in [-0.39, 0.29) is 5.91 Å². The molecule has 0 aromatic heterocycles. The SMILES string of the molecule is CNC(=O)c1ccc(OCc2ccccc2)c(N)c1. The van der Waals surface area contributed by atoms with Crippen molar-refractivity contribution in [2.45, 2.75) is 6.61 Å². The second-order valence-corrected chi connectivity index (χ2v) is 4.11. The number of nitrogens with two attached hydrogens (primary N) is 1. The first-order valence-corrected chi connectivity index (χ1v) is 5.99. The molecular weight excluding hydrogens is 240 g/mol. The van der Waals surface area contributed by atoms with Crippen LogP contribution in [-0.2, 0) is 6.61 Å². The number of benzene rings is 2. The number of carbonyl (C=O) groups excluding carboxylic acids is 1. The molecule has 0 bridgehead atoms. The molecule has 2 rings (SSSR count). The summed E-state index contributed by atoms with van der Waals surface area (Å²) in [5, 5.41) is 2.55. The van der Waals surface area contributed by atoms with Crippen molar-refractivity contribution in [2.24, 2.45) is 0 Å². The van der Waals surface area contributed by atoms with E-state index < -0.39 is 0 Å². The first kappa shape index (κ1) is 13.0. The smallest absolute Gasteiger partial charge is 0.251 e. The average Bonchev–Trinajstić information content (AvgIpc) is 2.46. The number of anilines is 1. The monoisotopic (exact) mass is 256 g/mol. The minimum Gasteiger partial charge on any atom is -0.487 e. The summed E-state index contributed by atoms with van der Waals surface area (Å²) in [6, 6.07) is 14.8. The number of hydrogen-bond acceptors (Lipinski definition) is 3. The minimum atomic E-state index is -0.165. The number of nitrogen functional groups attached to an aromatic ring is 1. The highest BCUT2D eigenvalue weighted by Gasteiger charge is 2.07. The lowest BCUT2D eigenvalue weighted by Crippen LogP contribution is -2.17. The molecular formula is C15H16N2O2. The van der Waals surface area contributed by atoms with E-state index in [0.29, 0.717) is 23.6 Å². The summed E-state index contributed by atoms with van der Waals surface area (Å²) in [4.78, 5) is 11.4. The molecule has 2 aromatic carbocycles. The van der Waals surface area contributed by atoms with E-state index in [2.05, 4.69) is 5.32 Å². The lowest BCUT2D eigenvalue weighted by atomic mass is 10.1. The number of rotatable bonds is 4. The molecule has 3 N–H and O–H groups in total. The summed E-state index contributed by atoms with van der Waals surface area (Å²) in [7, 11) is 1.58. The summed E-state index contributed by atoms with van der Waals surface area (Å²) in [6.07, 6.45) is 0. The van der Waals surface area contributed by atoms with Crippen LogP contribution < -0.4 is 15.8 Å². The molecule has 0 spiro atoms. The highest BCUT2D eigenvalue weighted by molar-refractivity contribution is 5.95. The van der Waals surface area contributed by atoms with Gasteiger partial charge in [0.15, 0.2) is 0 Å².